The second kappa shape index (κ2) is 6.06. The molecule has 0 saturated heterocycles. The summed E-state index contributed by atoms with van der Waals surface area (Å²) in [7, 11) is -1.56. The fourth-order valence-corrected chi connectivity index (χ4v) is 2.52. The van der Waals surface area contributed by atoms with Gasteiger partial charge in [-0.2, -0.15) is 0 Å². The van der Waals surface area contributed by atoms with Gasteiger partial charge >= 0.3 is 0 Å². The second-order valence-corrected chi connectivity index (χ2v) is 5.96. The lowest BCUT2D eigenvalue weighted by Crippen LogP contribution is -2.31. The molecule has 0 aromatic heterocycles. The van der Waals surface area contributed by atoms with Crippen LogP contribution in [0.5, 0.6) is 0 Å². The summed E-state index contributed by atoms with van der Waals surface area (Å²) in [6.07, 6.45) is 1.92. The zero-order valence-corrected chi connectivity index (χ0v) is 11.0. The van der Waals surface area contributed by atoms with E-state index in [2.05, 4.69) is 5.32 Å². The van der Waals surface area contributed by atoms with Crippen LogP contribution in [0.1, 0.15) is 23.2 Å². The van der Waals surface area contributed by atoms with Crippen LogP contribution in [0.3, 0.4) is 0 Å². The number of nitrogens with one attached hydrogen (secondary N) is 1. The van der Waals surface area contributed by atoms with Crippen molar-refractivity contribution in [2.24, 2.45) is 0 Å². The van der Waals surface area contributed by atoms with Gasteiger partial charge in [0.2, 0.25) is 5.91 Å². The van der Waals surface area contributed by atoms with E-state index in [0.717, 1.165) is 18.9 Å². The molecule has 0 bridgehead atoms. The van der Waals surface area contributed by atoms with Crippen molar-refractivity contribution in [2.75, 3.05) is 11.5 Å². The first kappa shape index (κ1) is 13.9. The van der Waals surface area contributed by atoms with Crippen molar-refractivity contribution in [3.05, 3.63) is 35.6 Å². The molecule has 1 N–H and O–H groups in total. The molecule has 1 atom stereocenters. The zero-order valence-electron chi connectivity index (χ0n) is 10.2. The molecule has 0 heterocycles. The van der Waals surface area contributed by atoms with Gasteiger partial charge in [0.1, 0.15) is 11.6 Å². The van der Waals surface area contributed by atoms with Crippen molar-refractivity contribution in [2.45, 2.75) is 18.9 Å². The zero-order chi connectivity index (χ0) is 13.8. The van der Waals surface area contributed by atoms with Gasteiger partial charge in [0.05, 0.1) is 5.75 Å². The Morgan fingerprint density at radius 3 is 2.68 bits per heavy atom. The molecular formula is C13H14FNO3S. The summed E-state index contributed by atoms with van der Waals surface area (Å²) < 4.78 is 24.6. The highest BCUT2D eigenvalue weighted by Crippen LogP contribution is 2.18. The Labute approximate surface area is 112 Å². The first-order chi connectivity index (χ1) is 9.04. The molecule has 6 heteroatoms. The molecule has 0 spiro atoms. The maximum absolute atomic E-state index is 12.9. The first-order valence-electron chi connectivity index (χ1n) is 5.97. The molecule has 1 aliphatic carbocycles. The van der Waals surface area contributed by atoms with Gasteiger partial charge in [-0.15, -0.1) is 0 Å². The van der Waals surface area contributed by atoms with Crippen molar-refractivity contribution in [1.82, 2.24) is 5.32 Å². The summed E-state index contributed by atoms with van der Waals surface area (Å²) in [6.45, 7) is 0. The molecule has 1 saturated carbocycles. The van der Waals surface area contributed by atoms with Crippen molar-refractivity contribution in [3.8, 4) is 0 Å². The van der Waals surface area contributed by atoms with Crippen molar-refractivity contribution in [3.63, 3.8) is 0 Å². The third-order valence-electron chi connectivity index (χ3n) is 2.67. The van der Waals surface area contributed by atoms with E-state index >= 15 is 0 Å². The Kier molecular flexibility index (Phi) is 4.42. The number of Topliss-reactive ketones (excluding diaryl/α,β-unsaturated/α-hetero) is 1. The Bertz CT molecular complexity index is 528. The number of rotatable bonds is 6. The van der Waals surface area contributed by atoms with Crippen LogP contribution in [0.4, 0.5) is 4.39 Å². The Morgan fingerprint density at radius 1 is 1.32 bits per heavy atom. The average molecular weight is 283 g/mol. The van der Waals surface area contributed by atoms with Crippen LogP contribution in [-0.2, 0) is 15.6 Å². The third kappa shape index (κ3) is 4.55. The van der Waals surface area contributed by atoms with Crippen LogP contribution in [0.15, 0.2) is 24.3 Å². The number of amides is 1. The fourth-order valence-electron chi connectivity index (χ4n) is 1.59. The van der Waals surface area contributed by atoms with Gasteiger partial charge < -0.3 is 5.32 Å². The summed E-state index contributed by atoms with van der Waals surface area (Å²) in [5.74, 6) is -1.67. The highest BCUT2D eigenvalue weighted by atomic mass is 32.2. The minimum absolute atomic E-state index is 0.177. The molecular weight excluding hydrogens is 269 g/mol. The topological polar surface area (TPSA) is 63.2 Å². The monoisotopic (exact) mass is 283 g/mol. The molecule has 1 unspecified atom stereocenters. The number of benzene rings is 1. The molecule has 0 radical (unpaired) electrons. The smallest absolute Gasteiger partial charge is 0.232 e. The van der Waals surface area contributed by atoms with Gasteiger partial charge in [0.25, 0.3) is 0 Å². The van der Waals surface area contributed by atoms with Gasteiger partial charge in [-0.3, -0.25) is 13.8 Å². The van der Waals surface area contributed by atoms with Gasteiger partial charge in [-0.25, -0.2) is 4.39 Å². The van der Waals surface area contributed by atoms with E-state index in [-0.39, 0.29) is 29.0 Å². The summed E-state index contributed by atoms with van der Waals surface area (Å²) in [4.78, 5) is 23.1. The molecule has 2 rings (SSSR count). The number of ketones is 1. The lowest BCUT2D eigenvalue weighted by Gasteiger charge is -2.03. The van der Waals surface area contributed by atoms with E-state index in [1.165, 1.54) is 18.2 Å². The van der Waals surface area contributed by atoms with Crippen LogP contribution in [0.25, 0.3) is 0 Å². The molecule has 1 aromatic carbocycles. The number of carbonyl (C=O) groups is 2. The van der Waals surface area contributed by atoms with E-state index in [1.54, 1.807) is 0 Å². The number of carbonyl (C=O) groups excluding carboxylic acids is 2. The van der Waals surface area contributed by atoms with Crippen LogP contribution in [0, 0.1) is 5.82 Å². The maximum atomic E-state index is 12.9. The van der Waals surface area contributed by atoms with Crippen LogP contribution < -0.4 is 5.32 Å². The number of hydrogen-bond acceptors (Lipinski definition) is 3. The van der Waals surface area contributed by atoms with E-state index in [9.17, 15) is 18.2 Å². The molecule has 1 fully saturated rings. The van der Waals surface area contributed by atoms with Gasteiger partial charge in [-0.05, 0) is 25.0 Å². The fraction of sp³-hybridized carbons (Fsp3) is 0.385. The van der Waals surface area contributed by atoms with Gasteiger partial charge in [0, 0.05) is 22.4 Å². The Balaban J connectivity index is 1.84. The Morgan fingerprint density at radius 2 is 2.05 bits per heavy atom. The predicted molar refractivity (Wildman–Crippen MR) is 69.8 cm³/mol. The minimum atomic E-state index is -1.56. The van der Waals surface area contributed by atoms with Crippen molar-refractivity contribution >= 4 is 22.5 Å². The molecule has 1 amide bonds. The SMILES string of the molecule is O=C(CS(=O)CC(=O)c1cccc(F)c1)NC1CC1. The maximum Gasteiger partial charge on any atom is 0.232 e. The first-order valence-corrected chi connectivity index (χ1v) is 7.46. The molecule has 0 aliphatic heterocycles. The molecule has 4 nitrogen and oxygen atoms in total. The van der Waals surface area contributed by atoms with Crippen LogP contribution in [-0.4, -0.2) is 33.4 Å². The summed E-state index contributed by atoms with van der Waals surface area (Å²) >= 11 is 0. The molecule has 102 valence electrons. The van der Waals surface area contributed by atoms with Crippen LogP contribution >= 0.6 is 0 Å². The molecule has 19 heavy (non-hydrogen) atoms. The standard InChI is InChI=1S/C13H14FNO3S/c14-10-3-1-2-9(6-10)12(16)7-19(18)8-13(17)15-11-4-5-11/h1-3,6,11H,4-5,7-8H2,(H,15,17). The lowest BCUT2D eigenvalue weighted by molar-refractivity contribution is -0.118. The molecule has 1 aromatic rings. The summed E-state index contributed by atoms with van der Waals surface area (Å²) in [6, 6.07) is 5.43. The third-order valence-corrected chi connectivity index (χ3v) is 3.84. The average Bonchev–Trinajstić information content (AvgIpc) is 3.12. The highest BCUT2D eigenvalue weighted by Gasteiger charge is 2.24. The van der Waals surface area contributed by atoms with Crippen molar-refractivity contribution in [1.29, 1.82) is 0 Å². The van der Waals surface area contributed by atoms with Gasteiger partial charge in [0.15, 0.2) is 5.78 Å². The quantitative estimate of drug-likeness (QED) is 0.793. The molecule has 1 aliphatic rings. The number of halogens is 1. The highest BCUT2D eigenvalue weighted by molar-refractivity contribution is 7.86. The van der Waals surface area contributed by atoms with Gasteiger partial charge in [-0.1, -0.05) is 12.1 Å². The number of hydrogen-bond donors (Lipinski definition) is 1. The van der Waals surface area contributed by atoms with E-state index in [1.807, 2.05) is 0 Å². The Hall–Kier alpha value is -1.56. The van der Waals surface area contributed by atoms with Crippen LogP contribution in [0.2, 0.25) is 0 Å². The minimum Gasteiger partial charge on any atom is -0.353 e. The van der Waals surface area contributed by atoms with Crippen molar-refractivity contribution < 1.29 is 18.2 Å². The summed E-state index contributed by atoms with van der Waals surface area (Å²) in [5.41, 5.74) is 0.177. The van der Waals surface area contributed by atoms with E-state index in [0.29, 0.717) is 0 Å². The second-order valence-electron chi connectivity index (χ2n) is 4.50. The summed E-state index contributed by atoms with van der Waals surface area (Å²) in [5, 5.41) is 2.70. The van der Waals surface area contributed by atoms with E-state index < -0.39 is 22.4 Å². The largest absolute Gasteiger partial charge is 0.353 e. The lowest BCUT2D eigenvalue weighted by atomic mass is 10.1. The normalized spacial score (nSPS) is 15.8. The predicted octanol–water partition coefficient (Wildman–Crippen LogP) is 1.04. The van der Waals surface area contributed by atoms with E-state index in [4.69, 9.17) is 0 Å².